The number of hydrogen-bond acceptors (Lipinski definition) is 3. The number of thiophene rings is 1. The molecule has 222 valence electrons. The maximum atomic E-state index is 4.28. The molecule has 0 N–H and O–H groups in total. The van der Waals surface area contributed by atoms with Crippen molar-refractivity contribution in [3.63, 3.8) is 0 Å². The van der Waals surface area contributed by atoms with Crippen LogP contribution in [0.3, 0.4) is 0 Å². The van der Waals surface area contributed by atoms with Gasteiger partial charge in [-0.1, -0.05) is 74.5 Å². The van der Waals surface area contributed by atoms with Gasteiger partial charge in [-0.05, 0) is 93.5 Å². The molecule has 0 saturated heterocycles. The minimum atomic E-state index is -0.0198. The molecule has 47 heavy (non-hydrogen) atoms. The van der Waals surface area contributed by atoms with E-state index in [1.165, 1.54) is 64.2 Å². The lowest BCUT2D eigenvalue weighted by atomic mass is 9.82. The summed E-state index contributed by atoms with van der Waals surface area (Å²) in [5.41, 5.74) is 13.8. The van der Waals surface area contributed by atoms with E-state index in [4.69, 9.17) is 0 Å². The highest BCUT2D eigenvalue weighted by Crippen LogP contribution is 2.54. The first kappa shape index (κ1) is 26.6. The lowest BCUT2D eigenvalue weighted by Gasteiger charge is -2.21. The number of pyridine rings is 2. The van der Waals surface area contributed by atoms with Gasteiger partial charge in [-0.25, -0.2) is 0 Å². The van der Waals surface area contributed by atoms with Crippen LogP contribution in [0.5, 0.6) is 0 Å². The molecule has 4 aromatic heterocycles. The number of aromatic nitrogens is 3. The first-order valence-electron chi connectivity index (χ1n) is 16.1. The standard InChI is InChI=1S/C43H29N3S/c1-43(2)35-9-5-3-7-33(35)39-36(43)13-11-31-32-12-14-38-40(42(32)47-41(31)39)34-8-4-6-10-37(34)46(38)30-24-28(26-15-19-44-20-16-26)23-29(25-30)27-17-21-45-22-18-27/h3-25H,1-2H3. The molecule has 4 heterocycles. The Morgan fingerprint density at radius 2 is 1.17 bits per heavy atom. The van der Waals surface area contributed by atoms with Crippen LogP contribution in [0.15, 0.2) is 140 Å². The van der Waals surface area contributed by atoms with Crippen LogP contribution in [0, 0.1) is 0 Å². The lowest BCUT2D eigenvalue weighted by Crippen LogP contribution is -2.14. The predicted molar refractivity (Wildman–Crippen MR) is 198 cm³/mol. The van der Waals surface area contributed by atoms with Crippen LogP contribution in [0.1, 0.15) is 25.0 Å². The van der Waals surface area contributed by atoms with Crippen LogP contribution < -0.4 is 0 Å². The van der Waals surface area contributed by atoms with E-state index in [1.807, 2.05) is 36.1 Å². The number of rotatable bonds is 3. The molecule has 1 aliphatic rings. The Morgan fingerprint density at radius 3 is 1.91 bits per heavy atom. The molecule has 0 fully saturated rings. The molecule has 9 aromatic rings. The molecule has 5 aromatic carbocycles. The summed E-state index contributed by atoms with van der Waals surface area (Å²) in [6.07, 6.45) is 7.46. The summed E-state index contributed by atoms with van der Waals surface area (Å²) in [4.78, 5) is 8.56. The molecule has 0 aliphatic heterocycles. The quantitative estimate of drug-likeness (QED) is 0.197. The highest BCUT2D eigenvalue weighted by molar-refractivity contribution is 7.27. The van der Waals surface area contributed by atoms with Crippen LogP contribution in [0.25, 0.3) is 81.0 Å². The van der Waals surface area contributed by atoms with Gasteiger partial charge in [0.2, 0.25) is 0 Å². The average Bonchev–Trinajstić information content (AvgIpc) is 3.74. The SMILES string of the molecule is CC1(C)c2ccccc2-c2c1ccc1c2sc2c1ccc1c2c2ccccc2n1-c1cc(-c2ccncc2)cc(-c2ccncc2)c1. The fraction of sp³-hybridized carbons (Fsp3) is 0.0698. The summed E-state index contributed by atoms with van der Waals surface area (Å²) in [6.45, 7) is 4.73. The summed E-state index contributed by atoms with van der Waals surface area (Å²) >= 11 is 1.96. The maximum Gasteiger partial charge on any atom is 0.0555 e. The van der Waals surface area contributed by atoms with Gasteiger partial charge in [-0.15, -0.1) is 11.3 Å². The third-order valence-electron chi connectivity index (χ3n) is 10.2. The summed E-state index contributed by atoms with van der Waals surface area (Å²) in [6, 6.07) is 42.5. The Morgan fingerprint density at radius 1 is 0.532 bits per heavy atom. The minimum absolute atomic E-state index is 0.0198. The zero-order chi connectivity index (χ0) is 31.3. The highest BCUT2D eigenvalue weighted by Gasteiger charge is 2.36. The van der Waals surface area contributed by atoms with Crippen molar-refractivity contribution >= 4 is 53.3 Å². The van der Waals surface area contributed by atoms with Gasteiger partial charge in [0.15, 0.2) is 0 Å². The van der Waals surface area contributed by atoms with Crippen molar-refractivity contribution in [3.8, 4) is 39.1 Å². The molecule has 1 aliphatic carbocycles. The summed E-state index contributed by atoms with van der Waals surface area (Å²) < 4.78 is 5.19. The Hall–Kier alpha value is -5.58. The predicted octanol–water partition coefficient (Wildman–Crippen LogP) is 11.6. The van der Waals surface area contributed by atoms with E-state index in [0.29, 0.717) is 0 Å². The average molecular weight is 620 g/mol. The molecule has 0 radical (unpaired) electrons. The van der Waals surface area contributed by atoms with Crippen molar-refractivity contribution in [3.05, 3.63) is 151 Å². The Bertz CT molecular complexity index is 2640. The van der Waals surface area contributed by atoms with Crippen LogP contribution in [0.2, 0.25) is 0 Å². The summed E-state index contributed by atoms with van der Waals surface area (Å²) in [7, 11) is 0. The number of para-hydroxylation sites is 1. The van der Waals surface area contributed by atoms with E-state index >= 15 is 0 Å². The largest absolute Gasteiger partial charge is 0.309 e. The van der Waals surface area contributed by atoms with Gasteiger partial charge >= 0.3 is 0 Å². The molecule has 0 atom stereocenters. The van der Waals surface area contributed by atoms with Gasteiger partial charge in [-0.2, -0.15) is 0 Å². The molecule has 0 unspecified atom stereocenters. The van der Waals surface area contributed by atoms with Crippen LogP contribution in [-0.4, -0.2) is 14.5 Å². The molecular weight excluding hydrogens is 591 g/mol. The van der Waals surface area contributed by atoms with Crippen LogP contribution >= 0.6 is 11.3 Å². The third kappa shape index (κ3) is 3.73. The fourth-order valence-electron chi connectivity index (χ4n) is 7.97. The van der Waals surface area contributed by atoms with Crippen molar-refractivity contribution in [1.82, 2.24) is 14.5 Å². The van der Waals surface area contributed by atoms with Gasteiger partial charge in [0.25, 0.3) is 0 Å². The van der Waals surface area contributed by atoms with E-state index in [0.717, 1.165) is 27.9 Å². The van der Waals surface area contributed by atoms with Gasteiger partial charge in [0, 0.05) is 72.4 Å². The molecular formula is C43H29N3S. The first-order chi connectivity index (χ1) is 23.1. The van der Waals surface area contributed by atoms with Crippen molar-refractivity contribution in [2.24, 2.45) is 0 Å². The summed E-state index contributed by atoms with van der Waals surface area (Å²) in [5, 5.41) is 5.26. The van der Waals surface area contributed by atoms with Crippen LogP contribution in [0.4, 0.5) is 0 Å². The topological polar surface area (TPSA) is 30.7 Å². The number of benzene rings is 5. The molecule has 4 heteroatoms. The number of nitrogens with zero attached hydrogens (tertiary/aromatic N) is 3. The van der Waals surface area contributed by atoms with Crippen molar-refractivity contribution in [2.45, 2.75) is 19.3 Å². The zero-order valence-corrected chi connectivity index (χ0v) is 26.8. The number of hydrogen-bond donors (Lipinski definition) is 0. The van der Waals surface area contributed by atoms with E-state index in [9.17, 15) is 0 Å². The highest BCUT2D eigenvalue weighted by atomic mass is 32.1. The Labute approximate surface area is 276 Å². The van der Waals surface area contributed by atoms with Crippen molar-refractivity contribution in [2.75, 3.05) is 0 Å². The molecule has 0 amide bonds. The van der Waals surface area contributed by atoms with E-state index < -0.39 is 0 Å². The van der Waals surface area contributed by atoms with Gasteiger partial charge in [0.05, 0.1) is 11.0 Å². The molecule has 3 nitrogen and oxygen atoms in total. The number of fused-ring (bicyclic) bond motifs is 11. The zero-order valence-electron chi connectivity index (χ0n) is 26.0. The second-order valence-electron chi connectivity index (χ2n) is 13.1. The Balaban J connectivity index is 1.29. The molecule has 0 spiro atoms. The van der Waals surface area contributed by atoms with E-state index in [2.05, 4.69) is 144 Å². The van der Waals surface area contributed by atoms with E-state index in [-0.39, 0.29) is 5.41 Å². The first-order valence-corrected chi connectivity index (χ1v) is 16.9. The Kier molecular flexibility index (Phi) is 5.50. The smallest absolute Gasteiger partial charge is 0.0555 e. The molecule has 10 rings (SSSR count). The second kappa shape index (κ2) is 9.71. The van der Waals surface area contributed by atoms with Crippen molar-refractivity contribution in [1.29, 1.82) is 0 Å². The van der Waals surface area contributed by atoms with Gasteiger partial charge in [-0.3, -0.25) is 9.97 Å². The van der Waals surface area contributed by atoms with Crippen LogP contribution in [-0.2, 0) is 5.41 Å². The minimum Gasteiger partial charge on any atom is -0.309 e. The second-order valence-corrected chi connectivity index (χ2v) is 14.1. The fourth-order valence-corrected chi connectivity index (χ4v) is 9.39. The molecule has 0 bridgehead atoms. The normalized spacial score (nSPS) is 13.5. The third-order valence-corrected chi connectivity index (χ3v) is 11.4. The molecule has 0 saturated carbocycles. The van der Waals surface area contributed by atoms with Crippen molar-refractivity contribution < 1.29 is 0 Å². The monoisotopic (exact) mass is 619 g/mol. The summed E-state index contributed by atoms with van der Waals surface area (Å²) in [5.74, 6) is 0. The maximum absolute atomic E-state index is 4.28. The van der Waals surface area contributed by atoms with E-state index in [1.54, 1.807) is 0 Å². The van der Waals surface area contributed by atoms with Gasteiger partial charge in [0.1, 0.15) is 0 Å². The lowest BCUT2D eigenvalue weighted by molar-refractivity contribution is 0.661. The van der Waals surface area contributed by atoms with Gasteiger partial charge < -0.3 is 4.57 Å².